The average molecular weight is 560 g/mol. The Morgan fingerprint density at radius 3 is 2.59 bits per heavy atom. The van der Waals surface area contributed by atoms with Crippen molar-refractivity contribution in [2.45, 2.75) is 6.42 Å². The molecule has 1 fully saturated rings. The fourth-order valence-electron chi connectivity index (χ4n) is 4.15. The molecule has 1 aliphatic rings. The Bertz CT molecular complexity index is 1630. The number of fused-ring (bicyclic) bond motifs is 1. The summed E-state index contributed by atoms with van der Waals surface area (Å²) in [6.07, 6.45) is 1.05. The van der Waals surface area contributed by atoms with Crippen molar-refractivity contribution in [1.29, 1.82) is 0 Å². The van der Waals surface area contributed by atoms with E-state index in [1.54, 1.807) is 6.07 Å². The lowest BCUT2D eigenvalue weighted by molar-refractivity contribution is 0.122. The first-order chi connectivity index (χ1) is 18.8. The van der Waals surface area contributed by atoms with E-state index >= 15 is 4.39 Å². The summed E-state index contributed by atoms with van der Waals surface area (Å²) in [6.45, 7) is 1.06. The Morgan fingerprint density at radius 2 is 1.85 bits per heavy atom. The minimum Gasteiger partial charge on any atom is -0.384 e. The Labute approximate surface area is 222 Å². The highest BCUT2D eigenvalue weighted by molar-refractivity contribution is 7.92. The van der Waals surface area contributed by atoms with E-state index in [4.69, 9.17) is 10.5 Å². The zero-order valence-corrected chi connectivity index (χ0v) is 21.4. The molecule has 0 unspecified atom stereocenters. The lowest BCUT2D eigenvalue weighted by Gasteiger charge is -2.28. The van der Waals surface area contributed by atoms with Crippen LogP contribution in [0, 0.1) is 11.6 Å². The van der Waals surface area contributed by atoms with Crippen molar-refractivity contribution in [3.63, 3.8) is 0 Å². The fraction of sp³-hybridized carbons (Fsp3) is 0.280. The lowest BCUT2D eigenvalue weighted by atomic mass is 10.1. The lowest BCUT2D eigenvalue weighted by Crippen LogP contribution is -2.37. The van der Waals surface area contributed by atoms with Gasteiger partial charge in [-0.2, -0.15) is 0 Å². The van der Waals surface area contributed by atoms with Crippen molar-refractivity contribution in [2.75, 3.05) is 54.1 Å². The third-order valence-corrected chi connectivity index (χ3v) is 7.39. The molecule has 39 heavy (non-hydrogen) atoms. The highest BCUT2D eigenvalue weighted by Crippen LogP contribution is 2.32. The van der Waals surface area contributed by atoms with Crippen molar-refractivity contribution in [3.05, 3.63) is 54.2 Å². The molecule has 1 saturated heterocycles. The molecule has 5 rings (SSSR count). The Kier molecular flexibility index (Phi) is 7.48. The van der Waals surface area contributed by atoms with E-state index in [1.165, 1.54) is 30.5 Å². The number of sulfonamides is 1. The quantitative estimate of drug-likeness (QED) is 0.332. The first kappa shape index (κ1) is 26.6. The predicted molar refractivity (Wildman–Crippen MR) is 141 cm³/mol. The number of nitrogens with one attached hydrogen (secondary N) is 1. The number of morpholine rings is 1. The maximum absolute atomic E-state index is 15.5. The number of benzene rings is 1. The van der Waals surface area contributed by atoms with Crippen LogP contribution in [0.2, 0.25) is 0 Å². The van der Waals surface area contributed by atoms with Crippen LogP contribution in [0.25, 0.3) is 33.7 Å². The first-order valence-electron chi connectivity index (χ1n) is 12.0. The van der Waals surface area contributed by atoms with Gasteiger partial charge in [0.25, 0.3) is 0 Å². The Hall–Kier alpha value is -4.04. The Morgan fingerprint density at radius 1 is 1.05 bits per heavy atom. The first-order valence-corrected chi connectivity index (χ1v) is 13.7. The third-order valence-electron chi connectivity index (χ3n) is 6.04. The summed E-state index contributed by atoms with van der Waals surface area (Å²) in [4.78, 5) is 19.6. The molecule has 14 heteroatoms. The molecule has 0 aliphatic carbocycles. The zero-order chi connectivity index (χ0) is 27.6. The average Bonchev–Trinajstić information content (AvgIpc) is 2.93. The van der Waals surface area contributed by atoms with Gasteiger partial charge in [0.05, 0.1) is 48.1 Å². The maximum Gasteiger partial charge on any atom is 0.232 e. The van der Waals surface area contributed by atoms with Gasteiger partial charge in [0.2, 0.25) is 10.0 Å². The van der Waals surface area contributed by atoms with Crippen LogP contribution in [0.5, 0.6) is 0 Å². The zero-order valence-electron chi connectivity index (χ0n) is 20.6. The standard InChI is InChI=1S/C25H24F3N7O3S/c26-7-2-12-39(36,37)34-19-4-1-3-15(22(19)28)18-5-6-20-23(31-18)25(35-8-10-38-11-9-35)33-24(32-20)16-14-30-21(29)13-17(16)27/h1,3-6,13-14,34H,2,7-12H2,(H2,29,30). The molecule has 1 aromatic carbocycles. The second-order valence-corrected chi connectivity index (χ2v) is 10.6. The molecule has 0 amide bonds. The highest BCUT2D eigenvalue weighted by Gasteiger charge is 2.22. The van der Waals surface area contributed by atoms with Crippen LogP contribution in [-0.4, -0.2) is 67.1 Å². The van der Waals surface area contributed by atoms with Gasteiger partial charge >= 0.3 is 0 Å². The second kappa shape index (κ2) is 11.0. The number of halogens is 3. The normalized spacial score (nSPS) is 14.1. The number of rotatable bonds is 8. The number of pyridine rings is 2. The number of hydrogen-bond acceptors (Lipinski definition) is 9. The van der Waals surface area contributed by atoms with Crippen molar-refractivity contribution in [3.8, 4) is 22.6 Å². The van der Waals surface area contributed by atoms with Gasteiger partial charge < -0.3 is 15.4 Å². The molecule has 0 spiro atoms. The summed E-state index contributed by atoms with van der Waals surface area (Å²) in [5.41, 5.74) is 6.33. The summed E-state index contributed by atoms with van der Waals surface area (Å²) >= 11 is 0. The molecule has 1 aliphatic heterocycles. The van der Waals surface area contributed by atoms with Crippen LogP contribution in [0.15, 0.2) is 42.6 Å². The van der Waals surface area contributed by atoms with E-state index in [0.29, 0.717) is 43.2 Å². The van der Waals surface area contributed by atoms with E-state index in [-0.39, 0.29) is 40.6 Å². The Balaban J connectivity index is 1.61. The molecule has 4 aromatic rings. The molecular weight excluding hydrogens is 535 g/mol. The number of anilines is 3. The minimum atomic E-state index is -3.94. The van der Waals surface area contributed by atoms with Crippen molar-refractivity contribution in [2.24, 2.45) is 0 Å². The highest BCUT2D eigenvalue weighted by atomic mass is 32.2. The summed E-state index contributed by atoms with van der Waals surface area (Å²) in [5, 5.41) is 0. The molecular formula is C25H24F3N7O3S. The van der Waals surface area contributed by atoms with Gasteiger partial charge in [0, 0.05) is 30.9 Å². The van der Waals surface area contributed by atoms with Crippen LogP contribution >= 0.6 is 0 Å². The molecule has 0 atom stereocenters. The molecule has 3 N–H and O–H groups in total. The van der Waals surface area contributed by atoms with Crippen LogP contribution in [0.3, 0.4) is 0 Å². The summed E-state index contributed by atoms with van der Waals surface area (Å²) in [5.74, 6) is -1.44. The van der Waals surface area contributed by atoms with E-state index < -0.39 is 34.1 Å². The van der Waals surface area contributed by atoms with E-state index in [9.17, 15) is 17.2 Å². The number of ether oxygens (including phenoxy) is 1. The number of alkyl halides is 1. The number of nitrogens with zero attached hydrogens (tertiary/aromatic N) is 5. The topological polar surface area (TPSA) is 136 Å². The number of hydrogen-bond donors (Lipinski definition) is 2. The smallest absolute Gasteiger partial charge is 0.232 e. The van der Waals surface area contributed by atoms with Crippen LogP contribution in [0.4, 0.5) is 30.5 Å². The number of nitrogens with two attached hydrogens (primary N) is 1. The summed E-state index contributed by atoms with van der Waals surface area (Å²) in [7, 11) is -3.94. The van der Waals surface area contributed by atoms with E-state index in [1.807, 2.05) is 4.90 Å². The van der Waals surface area contributed by atoms with Gasteiger partial charge in [0.1, 0.15) is 17.2 Å². The number of nitrogen functional groups attached to an aromatic ring is 1. The van der Waals surface area contributed by atoms with Crippen molar-refractivity contribution < 1.29 is 26.3 Å². The van der Waals surface area contributed by atoms with Crippen molar-refractivity contribution in [1.82, 2.24) is 19.9 Å². The van der Waals surface area contributed by atoms with Gasteiger partial charge in [-0.15, -0.1) is 0 Å². The van der Waals surface area contributed by atoms with E-state index in [2.05, 4.69) is 24.7 Å². The predicted octanol–water partition coefficient (Wildman–Crippen LogP) is 3.55. The van der Waals surface area contributed by atoms with Gasteiger partial charge in [-0.05, 0) is 30.7 Å². The van der Waals surface area contributed by atoms with Crippen molar-refractivity contribution >= 4 is 38.4 Å². The fourth-order valence-corrected chi connectivity index (χ4v) is 5.23. The van der Waals surface area contributed by atoms with Crippen LogP contribution < -0.4 is 15.4 Å². The van der Waals surface area contributed by atoms with Gasteiger partial charge in [-0.3, -0.25) is 9.11 Å². The second-order valence-electron chi connectivity index (χ2n) is 8.75. The molecule has 10 nitrogen and oxygen atoms in total. The molecule has 204 valence electrons. The minimum absolute atomic E-state index is 0.0192. The monoisotopic (exact) mass is 559 g/mol. The molecule has 4 heterocycles. The van der Waals surface area contributed by atoms with Gasteiger partial charge in [-0.25, -0.2) is 37.1 Å². The van der Waals surface area contributed by atoms with Crippen LogP contribution in [-0.2, 0) is 14.8 Å². The SMILES string of the molecule is Nc1cc(F)c(-c2nc(N3CCOCC3)c3nc(-c4cccc(NS(=O)(=O)CCCF)c4F)ccc3n2)cn1. The molecule has 0 radical (unpaired) electrons. The van der Waals surface area contributed by atoms with Gasteiger partial charge in [0.15, 0.2) is 17.5 Å². The number of aromatic nitrogens is 4. The molecule has 0 bridgehead atoms. The summed E-state index contributed by atoms with van der Waals surface area (Å²) in [6, 6.07) is 8.43. The van der Waals surface area contributed by atoms with Crippen LogP contribution in [0.1, 0.15) is 6.42 Å². The molecule has 3 aromatic heterocycles. The third kappa shape index (κ3) is 5.71. The van der Waals surface area contributed by atoms with E-state index in [0.717, 1.165) is 6.07 Å². The van der Waals surface area contributed by atoms with Gasteiger partial charge in [-0.1, -0.05) is 6.07 Å². The largest absolute Gasteiger partial charge is 0.384 e. The molecule has 0 saturated carbocycles. The maximum atomic E-state index is 15.5. The summed E-state index contributed by atoms with van der Waals surface area (Å²) < 4.78 is 74.7.